The van der Waals surface area contributed by atoms with Crippen molar-refractivity contribution in [2.24, 2.45) is 5.41 Å². The van der Waals surface area contributed by atoms with Gasteiger partial charge in [0, 0.05) is 6.20 Å². The second-order valence-electron chi connectivity index (χ2n) is 10.5. The minimum absolute atomic E-state index is 0.0792. The molecule has 10 heteroatoms. The van der Waals surface area contributed by atoms with Gasteiger partial charge in [0.05, 0.1) is 33.1 Å². The average Bonchev–Trinajstić information content (AvgIpc) is 3.35. The third-order valence-corrected chi connectivity index (χ3v) is 10.3. The number of carbonyl (C=O) groups is 1. The summed E-state index contributed by atoms with van der Waals surface area (Å²) in [5, 5.41) is 3.74. The van der Waals surface area contributed by atoms with Crippen molar-refractivity contribution in [3.8, 4) is 5.69 Å². The third-order valence-electron chi connectivity index (χ3n) is 7.97. The summed E-state index contributed by atoms with van der Waals surface area (Å²) in [6.07, 6.45) is 6.17. The zero-order chi connectivity index (χ0) is 28.2. The number of halogens is 3. The standard InChI is InChI=1S/C30H26F3N3O3S/c1-18-10-11-34-27(12-18)29(37)30-15-19-17-35-36(22-5-3-21(31)4-6-22)28(19)13-20(30)2-7-24(16-30)40(38,39)23-8-9-25(32)26(33)14-23/h3-6,8-14,17,24,38-39H,2,7,15-16H2,1H3/t24-,30-/m0/s1. The lowest BCUT2D eigenvalue weighted by Crippen LogP contribution is -2.45. The van der Waals surface area contributed by atoms with Crippen LogP contribution in [0.5, 0.6) is 0 Å². The smallest absolute Gasteiger partial charge is 0.191 e. The Kier molecular flexibility index (Phi) is 6.44. The number of nitrogens with zero attached hydrogens (tertiary/aromatic N) is 3. The first-order valence-electron chi connectivity index (χ1n) is 12.8. The van der Waals surface area contributed by atoms with Gasteiger partial charge in [-0.15, -0.1) is 0 Å². The van der Waals surface area contributed by atoms with Crippen molar-refractivity contribution in [1.82, 2.24) is 14.8 Å². The molecule has 2 heterocycles. The molecule has 2 N–H and O–H groups in total. The highest BCUT2D eigenvalue weighted by molar-refractivity contribution is 8.24. The molecule has 6 rings (SSSR count). The van der Waals surface area contributed by atoms with E-state index in [4.69, 9.17) is 0 Å². The Hall–Kier alpha value is -3.73. The van der Waals surface area contributed by atoms with Crippen molar-refractivity contribution >= 4 is 22.4 Å². The van der Waals surface area contributed by atoms with Crippen LogP contribution in [-0.2, 0) is 6.42 Å². The van der Waals surface area contributed by atoms with Gasteiger partial charge in [-0.25, -0.2) is 17.9 Å². The minimum atomic E-state index is -3.60. The number of hydrogen-bond acceptors (Lipinski definition) is 5. The molecular weight excluding hydrogens is 539 g/mol. The lowest BCUT2D eigenvalue weighted by Gasteiger charge is -2.50. The van der Waals surface area contributed by atoms with Gasteiger partial charge < -0.3 is 0 Å². The molecule has 0 amide bonds. The third kappa shape index (κ3) is 4.36. The fraction of sp³-hybridized carbons (Fsp3) is 0.233. The molecule has 2 aromatic heterocycles. The lowest BCUT2D eigenvalue weighted by atomic mass is 9.61. The Morgan fingerprint density at radius 2 is 1.82 bits per heavy atom. The topological polar surface area (TPSA) is 88.2 Å². The van der Waals surface area contributed by atoms with Crippen molar-refractivity contribution in [3.05, 3.63) is 113 Å². The van der Waals surface area contributed by atoms with E-state index in [2.05, 4.69) is 10.1 Å². The van der Waals surface area contributed by atoms with Crippen molar-refractivity contribution in [1.29, 1.82) is 0 Å². The SMILES string of the molecule is Cc1ccnc(C(=O)[C@]23Cc4cnn(-c5ccc(F)cc5)c4C=C2CC[C@H](S(O)(O)c2ccc(F)c(F)c2)C3)c1. The minimum Gasteiger partial charge on any atom is -0.295 e. The Balaban J connectivity index is 1.45. The van der Waals surface area contributed by atoms with Crippen LogP contribution in [0, 0.1) is 29.8 Å². The molecule has 0 radical (unpaired) electrons. The average molecular weight is 566 g/mol. The molecule has 0 aliphatic heterocycles. The summed E-state index contributed by atoms with van der Waals surface area (Å²) in [6, 6.07) is 12.3. The number of benzene rings is 2. The summed E-state index contributed by atoms with van der Waals surface area (Å²) in [6.45, 7) is 1.86. The second kappa shape index (κ2) is 9.72. The maximum atomic E-state index is 14.3. The zero-order valence-electron chi connectivity index (χ0n) is 21.5. The molecule has 206 valence electrons. The number of aromatic nitrogens is 3. The summed E-state index contributed by atoms with van der Waals surface area (Å²) in [5.41, 5.74) is 3.01. The lowest BCUT2D eigenvalue weighted by molar-refractivity contribution is 0.0795. The van der Waals surface area contributed by atoms with Crippen molar-refractivity contribution in [2.45, 2.75) is 42.8 Å². The molecule has 0 saturated heterocycles. The van der Waals surface area contributed by atoms with Crippen molar-refractivity contribution in [2.75, 3.05) is 0 Å². The first-order chi connectivity index (χ1) is 19.1. The summed E-state index contributed by atoms with van der Waals surface area (Å²) in [4.78, 5) is 18.5. The predicted octanol–water partition coefficient (Wildman–Crippen LogP) is 7.16. The van der Waals surface area contributed by atoms with E-state index in [-0.39, 0.29) is 35.0 Å². The zero-order valence-corrected chi connectivity index (χ0v) is 22.3. The van der Waals surface area contributed by atoms with E-state index < -0.39 is 32.9 Å². The molecule has 1 fully saturated rings. The van der Waals surface area contributed by atoms with Crippen LogP contribution in [0.2, 0.25) is 0 Å². The predicted molar refractivity (Wildman–Crippen MR) is 146 cm³/mol. The van der Waals surface area contributed by atoms with Gasteiger partial charge in [-0.2, -0.15) is 15.7 Å². The summed E-state index contributed by atoms with van der Waals surface area (Å²) >= 11 is 0. The first kappa shape index (κ1) is 26.5. The van der Waals surface area contributed by atoms with Crippen LogP contribution in [0.15, 0.2) is 77.5 Å². The van der Waals surface area contributed by atoms with Gasteiger partial charge in [-0.05, 0) is 104 Å². The Morgan fingerprint density at radius 3 is 2.55 bits per heavy atom. The Labute approximate surface area is 230 Å². The van der Waals surface area contributed by atoms with Crippen LogP contribution in [0.1, 0.15) is 46.6 Å². The first-order valence-corrected chi connectivity index (χ1v) is 14.4. The molecule has 2 aliphatic rings. The number of pyridine rings is 1. The van der Waals surface area contributed by atoms with Gasteiger partial charge in [0.2, 0.25) is 0 Å². The molecular formula is C30H26F3N3O3S. The number of ketones is 1. The number of rotatable bonds is 5. The van der Waals surface area contributed by atoms with Gasteiger partial charge in [-0.3, -0.25) is 18.9 Å². The molecule has 40 heavy (non-hydrogen) atoms. The molecule has 0 bridgehead atoms. The summed E-state index contributed by atoms with van der Waals surface area (Å²) in [7, 11) is -3.60. The molecule has 0 unspecified atom stereocenters. The van der Waals surface area contributed by atoms with Gasteiger partial charge in [0.25, 0.3) is 0 Å². The van der Waals surface area contributed by atoms with E-state index in [1.807, 2.05) is 13.0 Å². The van der Waals surface area contributed by atoms with Crippen LogP contribution < -0.4 is 0 Å². The van der Waals surface area contributed by atoms with Gasteiger partial charge >= 0.3 is 0 Å². The van der Waals surface area contributed by atoms with E-state index in [0.717, 1.165) is 34.5 Å². The van der Waals surface area contributed by atoms with Gasteiger partial charge in [-0.1, -0.05) is 5.57 Å². The van der Waals surface area contributed by atoms with Gasteiger partial charge in [0.15, 0.2) is 17.4 Å². The largest absolute Gasteiger partial charge is 0.295 e. The highest BCUT2D eigenvalue weighted by atomic mass is 32.3. The maximum Gasteiger partial charge on any atom is 0.191 e. The van der Waals surface area contributed by atoms with Crippen LogP contribution in [-0.4, -0.2) is 34.9 Å². The second-order valence-corrected chi connectivity index (χ2v) is 12.8. The van der Waals surface area contributed by atoms with Crippen LogP contribution in [0.25, 0.3) is 11.8 Å². The Bertz CT molecular complexity index is 1670. The molecule has 2 aliphatic carbocycles. The van der Waals surface area contributed by atoms with E-state index in [9.17, 15) is 27.1 Å². The van der Waals surface area contributed by atoms with Crippen molar-refractivity contribution < 1.29 is 27.1 Å². The number of carbonyl (C=O) groups excluding carboxylic acids is 1. The highest BCUT2D eigenvalue weighted by Gasteiger charge is 2.52. The van der Waals surface area contributed by atoms with E-state index in [1.54, 1.807) is 41.3 Å². The Morgan fingerprint density at radius 1 is 1.05 bits per heavy atom. The highest BCUT2D eigenvalue weighted by Crippen LogP contribution is 2.62. The molecule has 1 saturated carbocycles. The normalized spacial score (nSPS) is 20.9. The monoisotopic (exact) mass is 565 g/mol. The van der Waals surface area contributed by atoms with E-state index in [0.29, 0.717) is 18.5 Å². The number of Topliss-reactive ketones (excluding diaryl/α,β-unsaturated/α-hetero) is 1. The number of allylic oxidation sites excluding steroid dienone is 1. The van der Waals surface area contributed by atoms with E-state index >= 15 is 0 Å². The fourth-order valence-corrected chi connectivity index (χ4v) is 7.79. The number of fused-ring (bicyclic) bond motifs is 2. The molecule has 4 aromatic rings. The van der Waals surface area contributed by atoms with Crippen LogP contribution in [0.4, 0.5) is 13.2 Å². The van der Waals surface area contributed by atoms with E-state index in [1.165, 1.54) is 18.2 Å². The summed E-state index contributed by atoms with van der Waals surface area (Å²) < 4.78 is 65.6. The summed E-state index contributed by atoms with van der Waals surface area (Å²) in [5.74, 6) is -2.85. The van der Waals surface area contributed by atoms with Gasteiger partial charge in [0.1, 0.15) is 11.5 Å². The molecule has 6 nitrogen and oxygen atoms in total. The van der Waals surface area contributed by atoms with Crippen LogP contribution in [0.3, 0.4) is 0 Å². The van der Waals surface area contributed by atoms with Crippen LogP contribution >= 0.6 is 10.6 Å². The molecule has 2 aromatic carbocycles. The molecule has 0 spiro atoms. The number of hydrogen-bond donors (Lipinski definition) is 2. The fourth-order valence-electron chi connectivity index (χ4n) is 5.89. The van der Waals surface area contributed by atoms with Crippen molar-refractivity contribution in [3.63, 3.8) is 0 Å². The quantitative estimate of drug-likeness (QED) is 0.251. The molecule has 2 atom stereocenters. The maximum absolute atomic E-state index is 14.3. The number of aryl methyl sites for hydroxylation is 1.